The molecular formula is C15H21FN2O6S. The Labute approximate surface area is 145 Å². The van der Waals surface area contributed by atoms with Crippen LogP contribution in [0, 0.1) is 5.82 Å². The molecule has 0 aliphatic carbocycles. The van der Waals surface area contributed by atoms with E-state index in [1.807, 2.05) is 4.72 Å². The monoisotopic (exact) mass is 376 g/mol. The summed E-state index contributed by atoms with van der Waals surface area (Å²) >= 11 is 0. The third-order valence-electron chi connectivity index (χ3n) is 3.08. The summed E-state index contributed by atoms with van der Waals surface area (Å²) in [7, 11) is -2.78. The minimum absolute atomic E-state index is 0.243. The SMILES string of the molecule is COCCNC(=O)[C@H](C)OC(=O)[C@H](C)NS(=O)(=O)c1ccccc1F. The van der Waals surface area contributed by atoms with Crippen LogP contribution < -0.4 is 10.0 Å². The Morgan fingerprint density at radius 3 is 2.48 bits per heavy atom. The van der Waals surface area contributed by atoms with Gasteiger partial charge in [-0.05, 0) is 26.0 Å². The predicted octanol–water partition coefficient (Wildman–Crippen LogP) is 0.187. The van der Waals surface area contributed by atoms with Gasteiger partial charge >= 0.3 is 5.97 Å². The van der Waals surface area contributed by atoms with Crippen molar-refractivity contribution in [1.82, 2.24) is 10.0 Å². The van der Waals surface area contributed by atoms with E-state index < -0.39 is 44.8 Å². The zero-order valence-corrected chi connectivity index (χ0v) is 14.9. The fourth-order valence-corrected chi connectivity index (χ4v) is 3.03. The molecule has 1 rings (SSSR count). The van der Waals surface area contributed by atoms with E-state index in [4.69, 9.17) is 9.47 Å². The molecule has 10 heteroatoms. The molecule has 25 heavy (non-hydrogen) atoms. The van der Waals surface area contributed by atoms with Gasteiger partial charge in [-0.15, -0.1) is 0 Å². The lowest BCUT2D eigenvalue weighted by atomic mass is 10.3. The van der Waals surface area contributed by atoms with E-state index in [0.29, 0.717) is 6.61 Å². The molecule has 0 aliphatic rings. The number of esters is 1. The fraction of sp³-hybridized carbons (Fsp3) is 0.467. The van der Waals surface area contributed by atoms with E-state index in [-0.39, 0.29) is 6.54 Å². The molecule has 0 radical (unpaired) electrons. The number of ether oxygens (including phenoxy) is 2. The molecule has 0 bridgehead atoms. The molecule has 1 aromatic rings. The highest BCUT2D eigenvalue weighted by Gasteiger charge is 2.27. The Balaban J connectivity index is 2.65. The van der Waals surface area contributed by atoms with Crippen LogP contribution >= 0.6 is 0 Å². The molecule has 2 atom stereocenters. The summed E-state index contributed by atoms with van der Waals surface area (Å²) in [4.78, 5) is 23.0. The third kappa shape index (κ3) is 6.40. The number of halogens is 1. The topological polar surface area (TPSA) is 111 Å². The van der Waals surface area contributed by atoms with Gasteiger partial charge in [0.2, 0.25) is 10.0 Å². The lowest BCUT2D eigenvalue weighted by Gasteiger charge is -2.17. The van der Waals surface area contributed by atoms with Crippen LogP contribution in [-0.2, 0) is 29.1 Å². The molecule has 2 N–H and O–H groups in total. The zero-order valence-electron chi connectivity index (χ0n) is 14.1. The average Bonchev–Trinajstić information content (AvgIpc) is 2.54. The van der Waals surface area contributed by atoms with Gasteiger partial charge in [-0.2, -0.15) is 4.72 Å². The first kappa shape index (κ1) is 21.0. The van der Waals surface area contributed by atoms with Crippen molar-refractivity contribution in [1.29, 1.82) is 0 Å². The largest absolute Gasteiger partial charge is 0.451 e. The molecule has 0 heterocycles. The Hall–Kier alpha value is -2.04. The summed E-state index contributed by atoms with van der Waals surface area (Å²) in [6, 6.07) is 3.45. The summed E-state index contributed by atoms with van der Waals surface area (Å²) < 4.78 is 49.5. The highest BCUT2D eigenvalue weighted by Crippen LogP contribution is 2.14. The quantitative estimate of drug-likeness (QED) is 0.470. The first-order valence-corrected chi connectivity index (χ1v) is 8.91. The number of carbonyl (C=O) groups is 2. The maximum absolute atomic E-state index is 13.6. The number of rotatable bonds is 9. The van der Waals surface area contributed by atoms with Crippen molar-refractivity contribution in [2.24, 2.45) is 0 Å². The standard InChI is InChI=1S/C15H21FN2O6S/c1-10(15(20)24-11(2)14(19)17-8-9-23-3)18-25(21,22)13-7-5-4-6-12(13)16/h4-7,10-11,18H,8-9H2,1-3H3,(H,17,19)/t10-,11-/m0/s1. The lowest BCUT2D eigenvalue weighted by molar-refractivity contribution is -0.156. The minimum Gasteiger partial charge on any atom is -0.451 e. The van der Waals surface area contributed by atoms with Gasteiger partial charge in [-0.25, -0.2) is 12.8 Å². The van der Waals surface area contributed by atoms with E-state index in [9.17, 15) is 22.4 Å². The molecule has 0 saturated heterocycles. The highest BCUT2D eigenvalue weighted by molar-refractivity contribution is 7.89. The van der Waals surface area contributed by atoms with Gasteiger partial charge in [0, 0.05) is 13.7 Å². The summed E-state index contributed by atoms with van der Waals surface area (Å²) in [5.41, 5.74) is 0. The maximum Gasteiger partial charge on any atom is 0.324 e. The van der Waals surface area contributed by atoms with Gasteiger partial charge in [-0.1, -0.05) is 12.1 Å². The fourth-order valence-electron chi connectivity index (χ4n) is 1.76. The van der Waals surface area contributed by atoms with Crippen molar-refractivity contribution < 1.29 is 31.9 Å². The second kappa shape index (κ2) is 9.44. The average molecular weight is 376 g/mol. The van der Waals surface area contributed by atoms with Crippen LogP contribution in [0.15, 0.2) is 29.2 Å². The summed E-state index contributed by atoms with van der Waals surface area (Å²) in [5, 5.41) is 2.48. The number of hydrogen-bond donors (Lipinski definition) is 2. The van der Waals surface area contributed by atoms with Gasteiger partial charge in [0.05, 0.1) is 6.61 Å². The third-order valence-corrected chi connectivity index (χ3v) is 4.65. The molecule has 8 nitrogen and oxygen atoms in total. The molecule has 0 unspecified atom stereocenters. The second-order valence-electron chi connectivity index (χ2n) is 5.14. The summed E-state index contributed by atoms with van der Waals surface area (Å²) in [6.07, 6.45) is -1.12. The Morgan fingerprint density at radius 2 is 1.88 bits per heavy atom. The van der Waals surface area contributed by atoms with Crippen molar-refractivity contribution in [3.63, 3.8) is 0 Å². The van der Waals surface area contributed by atoms with Crippen LogP contribution in [0.25, 0.3) is 0 Å². The Kier molecular flexibility index (Phi) is 7.94. The van der Waals surface area contributed by atoms with E-state index in [1.54, 1.807) is 0 Å². The first-order valence-electron chi connectivity index (χ1n) is 7.43. The molecule has 0 spiro atoms. The van der Waals surface area contributed by atoms with Crippen molar-refractivity contribution in [2.75, 3.05) is 20.3 Å². The number of sulfonamides is 1. The first-order chi connectivity index (χ1) is 11.7. The van der Waals surface area contributed by atoms with E-state index in [0.717, 1.165) is 12.1 Å². The van der Waals surface area contributed by atoms with Gasteiger partial charge in [-0.3, -0.25) is 9.59 Å². The Bertz CT molecular complexity index is 710. The number of carbonyl (C=O) groups excluding carboxylic acids is 2. The van der Waals surface area contributed by atoms with Crippen molar-refractivity contribution in [3.8, 4) is 0 Å². The smallest absolute Gasteiger partial charge is 0.324 e. The summed E-state index contributed by atoms with van der Waals surface area (Å²) in [6.45, 7) is 3.12. The predicted molar refractivity (Wildman–Crippen MR) is 86.6 cm³/mol. The molecule has 140 valence electrons. The molecule has 0 aliphatic heterocycles. The number of hydrogen-bond acceptors (Lipinski definition) is 6. The van der Waals surface area contributed by atoms with Gasteiger partial charge in [0.15, 0.2) is 6.10 Å². The second-order valence-corrected chi connectivity index (χ2v) is 6.82. The normalized spacial score (nSPS) is 13.8. The van der Waals surface area contributed by atoms with Crippen molar-refractivity contribution >= 4 is 21.9 Å². The molecule has 0 aromatic heterocycles. The van der Waals surface area contributed by atoms with Crippen molar-refractivity contribution in [3.05, 3.63) is 30.1 Å². The van der Waals surface area contributed by atoms with Crippen LogP contribution in [0.1, 0.15) is 13.8 Å². The highest BCUT2D eigenvalue weighted by atomic mass is 32.2. The molecule has 1 aromatic carbocycles. The van der Waals surface area contributed by atoms with Gasteiger partial charge < -0.3 is 14.8 Å². The van der Waals surface area contributed by atoms with Gasteiger partial charge in [0.1, 0.15) is 16.8 Å². The van der Waals surface area contributed by atoms with Crippen LogP contribution in [0.3, 0.4) is 0 Å². The minimum atomic E-state index is -4.25. The maximum atomic E-state index is 13.6. The van der Waals surface area contributed by atoms with Crippen LogP contribution in [-0.4, -0.2) is 52.7 Å². The van der Waals surface area contributed by atoms with Crippen LogP contribution in [0.5, 0.6) is 0 Å². The van der Waals surface area contributed by atoms with Gasteiger partial charge in [0.25, 0.3) is 5.91 Å². The number of methoxy groups -OCH3 is 1. The molecule has 0 saturated carbocycles. The zero-order chi connectivity index (χ0) is 19.0. The number of benzene rings is 1. The van der Waals surface area contributed by atoms with Crippen LogP contribution in [0.4, 0.5) is 4.39 Å². The van der Waals surface area contributed by atoms with E-state index >= 15 is 0 Å². The molecule has 0 fully saturated rings. The van der Waals surface area contributed by atoms with E-state index in [1.165, 1.54) is 33.1 Å². The number of amides is 1. The number of nitrogens with one attached hydrogen (secondary N) is 2. The Morgan fingerprint density at radius 1 is 1.24 bits per heavy atom. The summed E-state index contributed by atoms with van der Waals surface area (Å²) in [5.74, 6) is -2.45. The molecular weight excluding hydrogens is 355 g/mol. The lowest BCUT2D eigenvalue weighted by Crippen LogP contribution is -2.44. The van der Waals surface area contributed by atoms with Crippen LogP contribution in [0.2, 0.25) is 0 Å². The molecule has 1 amide bonds. The van der Waals surface area contributed by atoms with Crippen molar-refractivity contribution in [2.45, 2.75) is 30.9 Å². The van der Waals surface area contributed by atoms with E-state index in [2.05, 4.69) is 5.32 Å².